The molecule has 3 fully saturated rings. The Balaban J connectivity index is 1.81. The molecule has 0 radical (unpaired) electrons. The Labute approximate surface area is 177 Å². The van der Waals surface area contributed by atoms with Gasteiger partial charge in [0.1, 0.15) is 6.04 Å². The summed E-state index contributed by atoms with van der Waals surface area (Å²) >= 11 is 1.71. The predicted octanol–water partition coefficient (Wildman–Crippen LogP) is 1.29. The summed E-state index contributed by atoms with van der Waals surface area (Å²) in [5.41, 5.74) is 0. The van der Waals surface area contributed by atoms with Gasteiger partial charge in [0.05, 0.1) is 16.6 Å². The maximum atomic E-state index is 13.5. The lowest BCUT2D eigenvalue weighted by Gasteiger charge is -2.34. The van der Waals surface area contributed by atoms with E-state index in [0.29, 0.717) is 13.1 Å². The van der Waals surface area contributed by atoms with Crippen molar-refractivity contribution in [1.82, 2.24) is 15.5 Å². The summed E-state index contributed by atoms with van der Waals surface area (Å²) in [4.78, 5) is 41.1. The normalized spacial score (nSPS) is 32.5. The van der Waals surface area contributed by atoms with E-state index in [-0.39, 0.29) is 35.5 Å². The number of thioether (sulfide) groups is 1. The van der Waals surface area contributed by atoms with E-state index in [2.05, 4.69) is 17.6 Å². The highest BCUT2D eigenvalue weighted by atomic mass is 32.2. The second kappa shape index (κ2) is 9.69. The Hall–Kier alpha value is -1.28. The van der Waals surface area contributed by atoms with E-state index >= 15 is 0 Å². The van der Waals surface area contributed by atoms with E-state index in [1.165, 1.54) is 0 Å². The summed E-state index contributed by atoms with van der Waals surface area (Å²) < 4.78 is -0.472. The monoisotopic (exact) mass is 425 g/mol. The minimum Gasteiger partial charge on any atom is -0.396 e. The number of aliphatic hydroxyl groups is 1. The van der Waals surface area contributed by atoms with Gasteiger partial charge in [-0.2, -0.15) is 0 Å². The number of unbranched alkanes of at least 4 members (excludes halogenated alkanes) is 4. The van der Waals surface area contributed by atoms with Gasteiger partial charge in [-0.1, -0.05) is 26.2 Å². The molecule has 164 valence electrons. The maximum Gasteiger partial charge on any atom is 0.244 e. The van der Waals surface area contributed by atoms with Crippen molar-refractivity contribution < 1.29 is 19.5 Å². The third-order valence-corrected chi connectivity index (χ3v) is 8.69. The zero-order valence-electron chi connectivity index (χ0n) is 17.6. The summed E-state index contributed by atoms with van der Waals surface area (Å²) in [7, 11) is 1.62. The highest BCUT2D eigenvalue weighted by molar-refractivity contribution is 8.02. The second-order valence-electron chi connectivity index (χ2n) is 8.48. The molecule has 2 bridgehead atoms. The molecule has 3 heterocycles. The van der Waals surface area contributed by atoms with Crippen molar-refractivity contribution in [2.24, 2.45) is 11.8 Å². The lowest BCUT2D eigenvalue weighted by Crippen LogP contribution is -2.53. The largest absolute Gasteiger partial charge is 0.396 e. The number of carbonyl (C=O) groups is 3. The standard InChI is InChI=1S/C21H35N3O4S/c1-3-4-11-23-19(27)17-21-10-9-14(29-21)15(18(26)22-2)16(21)20(28)24(17)12-7-5-6-8-13-25/h14-17,25H,3-13H2,1-2H3,(H,22,26)(H,23,27)/t14-,15+,16+,17?,21?/m1/s1. The molecule has 5 atom stereocenters. The molecule has 3 rings (SSSR count). The van der Waals surface area contributed by atoms with Crippen LogP contribution in [0.25, 0.3) is 0 Å². The number of aliphatic hydroxyl groups excluding tert-OH is 1. The van der Waals surface area contributed by atoms with Crippen molar-refractivity contribution in [3.8, 4) is 0 Å². The minimum atomic E-state index is -0.487. The van der Waals surface area contributed by atoms with Gasteiger partial charge in [0.25, 0.3) is 0 Å². The fourth-order valence-electron chi connectivity index (χ4n) is 5.39. The number of hydrogen-bond donors (Lipinski definition) is 3. The number of amides is 3. The van der Waals surface area contributed by atoms with E-state index in [9.17, 15) is 14.4 Å². The third-order valence-electron chi connectivity index (χ3n) is 6.73. The van der Waals surface area contributed by atoms with E-state index in [0.717, 1.165) is 51.4 Å². The summed E-state index contributed by atoms with van der Waals surface area (Å²) in [6.07, 6.45) is 7.03. The lowest BCUT2D eigenvalue weighted by atomic mass is 9.71. The lowest BCUT2D eigenvalue weighted by molar-refractivity contribution is -0.140. The number of nitrogens with zero attached hydrogens (tertiary/aromatic N) is 1. The van der Waals surface area contributed by atoms with Crippen molar-refractivity contribution in [2.45, 2.75) is 74.3 Å². The molecule has 0 aromatic heterocycles. The van der Waals surface area contributed by atoms with Crippen LogP contribution in [0.1, 0.15) is 58.3 Å². The Morgan fingerprint density at radius 3 is 2.66 bits per heavy atom. The van der Waals surface area contributed by atoms with E-state index in [1.54, 1.807) is 23.7 Å². The molecule has 3 aliphatic rings. The Morgan fingerprint density at radius 1 is 1.21 bits per heavy atom. The van der Waals surface area contributed by atoms with Crippen LogP contribution in [-0.2, 0) is 14.4 Å². The molecule has 3 amide bonds. The van der Waals surface area contributed by atoms with Crippen LogP contribution < -0.4 is 10.6 Å². The van der Waals surface area contributed by atoms with Crippen LogP contribution in [0.5, 0.6) is 0 Å². The number of nitrogens with one attached hydrogen (secondary N) is 2. The molecule has 8 heteroatoms. The number of likely N-dealkylation sites (tertiary alicyclic amines) is 1. The molecule has 3 N–H and O–H groups in total. The Morgan fingerprint density at radius 2 is 1.97 bits per heavy atom. The molecule has 0 aromatic rings. The summed E-state index contributed by atoms with van der Waals surface area (Å²) in [5, 5.41) is 14.9. The molecule has 0 aliphatic carbocycles. The Bertz CT molecular complexity index is 631. The number of fused-ring (bicyclic) bond motifs is 1. The van der Waals surface area contributed by atoms with Gasteiger partial charge in [0, 0.05) is 32.0 Å². The smallest absolute Gasteiger partial charge is 0.244 e. The van der Waals surface area contributed by atoms with Crippen LogP contribution in [0.4, 0.5) is 0 Å². The number of rotatable bonds is 11. The molecule has 3 aliphatic heterocycles. The van der Waals surface area contributed by atoms with Crippen molar-refractivity contribution in [2.75, 3.05) is 26.7 Å². The Kier molecular flexibility index (Phi) is 7.48. The van der Waals surface area contributed by atoms with Gasteiger partial charge in [-0.15, -0.1) is 11.8 Å². The molecule has 3 saturated heterocycles. The van der Waals surface area contributed by atoms with Crippen LogP contribution >= 0.6 is 11.8 Å². The maximum absolute atomic E-state index is 13.5. The topological polar surface area (TPSA) is 98.7 Å². The molecular weight excluding hydrogens is 390 g/mol. The minimum absolute atomic E-state index is 0.0221. The number of hydrogen-bond acceptors (Lipinski definition) is 5. The second-order valence-corrected chi connectivity index (χ2v) is 10.1. The van der Waals surface area contributed by atoms with Gasteiger partial charge in [0.15, 0.2) is 0 Å². The first-order valence-electron chi connectivity index (χ1n) is 11.1. The van der Waals surface area contributed by atoms with Crippen LogP contribution in [0.3, 0.4) is 0 Å². The fourth-order valence-corrected chi connectivity index (χ4v) is 7.61. The molecule has 0 aromatic carbocycles. The molecule has 0 saturated carbocycles. The SMILES string of the molecule is CCCCNC(=O)C1N(CCCCCCO)C(=O)[C@@H]2[C@@H](C(=O)NC)[C@H]3CCC12S3. The van der Waals surface area contributed by atoms with Gasteiger partial charge >= 0.3 is 0 Å². The first-order chi connectivity index (χ1) is 14.0. The highest BCUT2D eigenvalue weighted by Crippen LogP contribution is 2.66. The average Bonchev–Trinajstić information content (AvgIpc) is 3.35. The quantitative estimate of drug-likeness (QED) is 0.433. The van der Waals surface area contributed by atoms with Crippen molar-refractivity contribution >= 4 is 29.5 Å². The third kappa shape index (κ3) is 4.02. The van der Waals surface area contributed by atoms with Crippen molar-refractivity contribution in [1.29, 1.82) is 0 Å². The van der Waals surface area contributed by atoms with E-state index < -0.39 is 16.7 Å². The zero-order chi connectivity index (χ0) is 21.0. The summed E-state index contributed by atoms with van der Waals surface area (Å²) in [6.45, 7) is 3.43. The molecule has 1 spiro atoms. The molecule has 2 unspecified atom stereocenters. The van der Waals surface area contributed by atoms with Crippen LogP contribution in [-0.4, -0.2) is 70.5 Å². The molecular formula is C21H35N3O4S. The van der Waals surface area contributed by atoms with Gasteiger partial charge in [-0.25, -0.2) is 0 Å². The average molecular weight is 426 g/mol. The number of carbonyl (C=O) groups excluding carboxylic acids is 3. The fraction of sp³-hybridized carbons (Fsp3) is 0.857. The summed E-state index contributed by atoms with van der Waals surface area (Å²) in [5.74, 6) is -0.888. The highest BCUT2D eigenvalue weighted by Gasteiger charge is 2.73. The first kappa shape index (κ1) is 22.4. The van der Waals surface area contributed by atoms with Gasteiger partial charge in [-0.05, 0) is 32.1 Å². The van der Waals surface area contributed by atoms with Crippen LogP contribution in [0.2, 0.25) is 0 Å². The molecule has 7 nitrogen and oxygen atoms in total. The van der Waals surface area contributed by atoms with Crippen LogP contribution in [0.15, 0.2) is 0 Å². The van der Waals surface area contributed by atoms with Crippen LogP contribution in [0, 0.1) is 11.8 Å². The summed E-state index contributed by atoms with van der Waals surface area (Å²) in [6, 6.07) is -0.487. The molecule has 29 heavy (non-hydrogen) atoms. The van der Waals surface area contributed by atoms with Gasteiger partial charge in [0.2, 0.25) is 17.7 Å². The van der Waals surface area contributed by atoms with Gasteiger partial charge < -0.3 is 20.6 Å². The van der Waals surface area contributed by atoms with Crippen molar-refractivity contribution in [3.05, 3.63) is 0 Å². The zero-order valence-corrected chi connectivity index (χ0v) is 18.4. The van der Waals surface area contributed by atoms with Gasteiger partial charge in [-0.3, -0.25) is 14.4 Å². The van der Waals surface area contributed by atoms with Crippen molar-refractivity contribution in [3.63, 3.8) is 0 Å². The predicted molar refractivity (Wildman–Crippen MR) is 113 cm³/mol. The van der Waals surface area contributed by atoms with E-state index in [4.69, 9.17) is 5.11 Å². The van der Waals surface area contributed by atoms with E-state index in [1.807, 2.05) is 0 Å². The first-order valence-corrected chi connectivity index (χ1v) is 12.0.